The zero-order valence-corrected chi connectivity index (χ0v) is 29.4. The molecule has 2 bridgehead atoms. The molecular weight excluding hydrogens is 664 g/mol. The van der Waals surface area contributed by atoms with Gasteiger partial charge >= 0.3 is 11.9 Å². The molecule has 5 aliphatic rings. The lowest BCUT2D eigenvalue weighted by molar-refractivity contribution is -0.191. The quantitative estimate of drug-likeness (QED) is 0.105. The molecule has 4 aromatic rings. The van der Waals surface area contributed by atoms with Gasteiger partial charge in [-0.15, -0.1) is 0 Å². The van der Waals surface area contributed by atoms with Gasteiger partial charge in [-0.1, -0.05) is 24.3 Å². The highest BCUT2D eigenvalue weighted by molar-refractivity contribution is 5.96. The van der Waals surface area contributed by atoms with E-state index in [2.05, 4.69) is 0 Å². The topological polar surface area (TPSA) is 108 Å². The molecule has 2 saturated heterocycles. The molecule has 0 radical (unpaired) electrons. The minimum absolute atomic E-state index is 0.124. The van der Waals surface area contributed by atoms with Crippen molar-refractivity contribution < 1.29 is 47.5 Å². The van der Waals surface area contributed by atoms with Crippen molar-refractivity contribution in [2.45, 2.75) is 89.0 Å². The molecule has 9 rings (SSSR count). The number of carbonyl (C=O) groups is 2. The first-order valence-corrected chi connectivity index (χ1v) is 18.8. The molecule has 2 aliphatic heterocycles. The molecule has 0 amide bonds. The summed E-state index contributed by atoms with van der Waals surface area (Å²) >= 11 is 0. The maximum atomic E-state index is 13.3. The molecule has 3 aliphatic carbocycles. The van der Waals surface area contributed by atoms with Crippen molar-refractivity contribution in [3.63, 3.8) is 0 Å². The van der Waals surface area contributed by atoms with Crippen LogP contribution in [-0.2, 0) is 28.4 Å². The van der Waals surface area contributed by atoms with Crippen LogP contribution in [0.15, 0.2) is 72.8 Å². The predicted octanol–water partition coefficient (Wildman–Crippen LogP) is 8.32. The predicted molar refractivity (Wildman–Crippen MR) is 192 cm³/mol. The summed E-state index contributed by atoms with van der Waals surface area (Å²) < 4.78 is 46.3. The van der Waals surface area contributed by atoms with Crippen LogP contribution in [0.5, 0.6) is 11.5 Å². The second-order valence-corrected chi connectivity index (χ2v) is 14.4. The van der Waals surface area contributed by atoms with Gasteiger partial charge in [0.2, 0.25) is 0 Å². The van der Waals surface area contributed by atoms with Crippen LogP contribution in [0.2, 0.25) is 0 Å². The molecule has 5 fully saturated rings. The van der Waals surface area contributed by atoms with Crippen LogP contribution in [0.4, 0.5) is 0 Å². The van der Waals surface area contributed by atoms with E-state index in [4.69, 9.17) is 37.9 Å². The van der Waals surface area contributed by atoms with E-state index in [1.54, 1.807) is 12.1 Å². The molecule has 10 heteroatoms. The van der Waals surface area contributed by atoms with E-state index in [9.17, 15) is 9.59 Å². The minimum Gasteiger partial charge on any atom is -0.467 e. The molecule has 6 atom stereocenters. The second kappa shape index (κ2) is 16.2. The Balaban J connectivity index is 0.817. The smallest absolute Gasteiger partial charge is 0.338 e. The monoisotopic (exact) mass is 710 g/mol. The van der Waals surface area contributed by atoms with Crippen LogP contribution >= 0.6 is 0 Å². The summed E-state index contributed by atoms with van der Waals surface area (Å²) in [7, 11) is 0. The van der Waals surface area contributed by atoms with Crippen molar-refractivity contribution in [3.8, 4) is 11.5 Å². The molecular formula is C42H46O10. The van der Waals surface area contributed by atoms with Gasteiger partial charge in [0, 0.05) is 13.2 Å². The maximum absolute atomic E-state index is 13.3. The number of rotatable bonds is 12. The molecule has 0 aromatic heterocycles. The molecule has 10 nitrogen and oxygen atoms in total. The number of fused-ring (bicyclic) bond motifs is 5. The van der Waals surface area contributed by atoms with E-state index >= 15 is 0 Å². The number of ether oxygens (including phenoxy) is 8. The van der Waals surface area contributed by atoms with E-state index in [-0.39, 0.29) is 62.1 Å². The van der Waals surface area contributed by atoms with Gasteiger partial charge in [0.25, 0.3) is 0 Å². The van der Waals surface area contributed by atoms with E-state index in [0.717, 1.165) is 86.1 Å². The summed E-state index contributed by atoms with van der Waals surface area (Å²) in [5.41, 5.74) is 1.03. The summed E-state index contributed by atoms with van der Waals surface area (Å²) in [6, 6.07) is 22.6. The van der Waals surface area contributed by atoms with E-state index in [1.807, 2.05) is 60.7 Å². The van der Waals surface area contributed by atoms with Gasteiger partial charge in [-0.25, -0.2) is 9.59 Å². The SMILES string of the molecule is O=C(OC1CC2CCC1CC2OC(=O)c1ccc2cc(OCOC3CCCCO3)ccc2c1)c1ccc2cc(OCOC3CCCCO3)ccc2c1. The van der Waals surface area contributed by atoms with E-state index in [1.165, 1.54) is 0 Å². The molecule has 6 unspecified atom stereocenters. The van der Waals surface area contributed by atoms with Gasteiger partial charge in [0.15, 0.2) is 26.2 Å². The fourth-order valence-electron chi connectivity index (χ4n) is 7.94. The maximum Gasteiger partial charge on any atom is 0.338 e. The van der Waals surface area contributed by atoms with Crippen LogP contribution in [0.1, 0.15) is 84.9 Å². The van der Waals surface area contributed by atoms with E-state index < -0.39 is 0 Å². The van der Waals surface area contributed by atoms with Crippen LogP contribution in [0, 0.1) is 11.8 Å². The standard InChI is InChI=1S/C42H46O10/c43-41(33-11-7-29-21-35(15-13-27(29)19-33)47-25-49-39-5-1-3-17-45-39)51-37-23-32-10-9-31(37)24-38(32)52-42(44)34-12-8-30-22-36(16-14-28(30)20-34)48-26-50-40-6-2-4-18-46-40/h7-8,11-16,19-22,31-32,37-40H,1-6,9-10,17-18,23-26H2. The fraction of sp³-hybridized carbons (Fsp3) is 0.476. The Morgan fingerprint density at radius 3 is 1.40 bits per heavy atom. The number of hydrogen-bond donors (Lipinski definition) is 0. The summed E-state index contributed by atoms with van der Waals surface area (Å²) in [4.78, 5) is 26.6. The lowest BCUT2D eigenvalue weighted by Crippen LogP contribution is -2.47. The Morgan fingerprint density at radius 1 is 0.538 bits per heavy atom. The lowest BCUT2D eigenvalue weighted by atomic mass is 9.67. The van der Waals surface area contributed by atoms with Crippen LogP contribution in [0.25, 0.3) is 21.5 Å². The van der Waals surface area contributed by atoms with Gasteiger partial charge in [-0.3, -0.25) is 0 Å². The van der Waals surface area contributed by atoms with Gasteiger partial charge in [-0.05, 0) is 146 Å². The van der Waals surface area contributed by atoms with Crippen molar-refractivity contribution >= 4 is 33.5 Å². The zero-order valence-electron chi connectivity index (χ0n) is 29.4. The van der Waals surface area contributed by atoms with Gasteiger partial charge in [0.05, 0.1) is 11.1 Å². The Kier molecular flexibility index (Phi) is 10.9. The molecule has 4 aromatic carbocycles. The summed E-state index contributed by atoms with van der Waals surface area (Å²) in [6.45, 7) is 1.70. The molecule has 3 saturated carbocycles. The lowest BCUT2D eigenvalue weighted by Gasteiger charge is -2.45. The number of hydrogen-bond acceptors (Lipinski definition) is 10. The number of benzene rings is 4. The largest absolute Gasteiger partial charge is 0.467 e. The van der Waals surface area contributed by atoms with Crippen LogP contribution < -0.4 is 9.47 Å². The fourth-order valence-corrected chi connectivity index (χ4v) is 7.94. The van der Waals surface area contributed by atoms with Crippen LogP contribution in [-0.4, -0.2) is 63.5 Å². The average Bonchev–Trinajstić information content (AvgIpc) is 3.18. The first-order valence-electron chi connectivity index (χ1n) is 18.8. The molecule has 274 valence electrons. The van der Waals surface area contributed by atoms with Crippen molar-refractivity contribution in [1.82, 2.24) is 0 Å². The summed E-state index contributed by atoms with van der Waals surface area (Å²) in [6.07, 6.45) is 8.59. The normalized spacial score (nSPS) is 25.8. The third kappa shape index (κ3) is 8.36. The minimum atomic E-state index is -0.329. The molecule has 0 spiro atoms. The summed E-state index contributed by atoms with van der Waals surface area (Å²) in [5.74, 6) is 1.03. The third-order valence-corrected chi connectivity index (χ3v) is 10.9. The average molecular weight is 711 g/mol. The number of esters is 2. The Morgan fingerprint density at radius 2 is 0.981 bits per heavy atom. The van der Waals surface area contributed by atoms with Gasteiger partial charge in [-0.2, -0.15) is 0 Å². The van der Waals surface area contributed by atoms with Gasteiger partial charge < -0.3 is 37.9 Å². The zero-order chi connectivity index (χ0) is 35.3. The van der Waals surface area contributed by atoms with Crippen molar-refractivity contribution in [1.29, 1.82) is 0 Å². The highest BCUT2D eigenvalue weighted by atomic mass is 16.8. The third-order valence-electron chi connectivity index (χ3n) is 10.9. The van der Waals surface area contributed by atoms with Crippen molar-refractivity contribution in [2.75, 3.05) is 26.8 Å². The van der Waals surface area contributed by atoms with E-state index in [0.29, 0.717) is 35.5 Å². The molecule has 52 heavy (non-hydrogen) atoms. The Hall–Kier alpha value is -4.22. The Bertz CT molecular complexity index is 1730. The van der Waals surface area contributed by atoms with Gasteiger partial charge in [0.1, 0.15) is 23.7 Å². The van der Waals surface area contributed by atoms with Crippen molar-refractivity contribution in [3.05, 3.63) is 83.9 Å². The number of carbonyl (C=O) groups excluding carboxylic acids is 2. The first kappa shape index (κ1) is 34.8. The molecule has 0 N–H and O–H groups in total. The van der Waals surface area contributed by atoms with Crippen LogP contribution in [0.3, 0.4) is 0 Å². The van der Waals surface area contributed by atoms with Crippen molar-refractivity contribution in [2.24, 2.45) is 11.8 Å². The second-order valence-electron chi connectivity index (χ2n) is 14.4. The Labute approximate surface area is 303 Å². The first-order chi connectivity index (χ1) is 25.5. The highest BCUT2D eigenvalue weighted by Crippen LogP contribution is 2.45. The molecule has 2 heterocycles. The summed E-state index contributed by atoms with van der Waals surface area (Å²) in [5, 5.41) is 3.77. The highest BCUT2D eigenvalue weighted by Gasteiger charge is 2.45.